The summed E-state index contributed by atoms with van der Waals surface area (Å²) in [6, 6.07) is 8.72. The van der Waals surface area contributed by atoms with Crippen LogP contribution in [0.15, 0.2) is 51.2 Å². The number of hydrogen-bond acceptors (Lipinski definition) is 4. The smallest absolute Gasteiger partial charge is 0.336 e. The number of carbonyl (C=O) groups is 1. The molecule has 0 N–H and O–H groups in total. The molecule has 0 amide bonds. The molecule has 4 rings (SSSR count). The van der Waals surface area contributed by atoms with Crippen molar-refractivity contribution in [2.75, 3.05) is 6.61 Å². The quantitative estimate of drug-likeness (QED) is 0.580. The number of hydrogen-bond donors (Lipinski definition) is 0. The van der Waals surface area contributed by atoms with Crippen LogP contribution in [0.3, 0.4) is 0 Å². The van der Waals surface area contributed by atoms with E-state index in [4.69, 9.17) is 9.15 Å². The normalized spacial score (nSPS) is 29.5. The van der Waals surface area contributed by atoms with Gasteiger partial charge in [0, 0.05) is 35.3 Å². The van der Waals surface area contributed by atoms with E-state index in [1.54, 1.807) is 12.1 Å². The van der Waals surface area contributed by atoms with Crippen molar-refractivity contribution in [1.29, 1.82) is 0 Å². The number of benzene rings is 1. The monoisotopic (exact) mass is 366 g/mol. The summed E-state index contributed by atoms with van der Waals surface area (Å²) in [7, 11) is 0. The van der Waals surface area contributed by atoms with Crippen LogP contribution in [0, 0.1) is 22.7 Å². The Hall–Kier alpha value is -2.36. The van der Waals surface area contributed by atoms with Gasteiger partial charge in [-0.2, -0.15) is 0 Å². The van der Waals surface area contributed by atoms with Crippen molar-refractivity contribution in [2.45, 2.75) is 40.5 Å². The third-order valence-corrected chi connectivity index (χ3v) is 6.96. The molecule has 3 unspecified atom stereocenters. The zero-order valence-electron chi connectivity index (χ0n) is 16.4. The largest absolute Gasteiger partial charge is 0.493 e. The van der Waals surface area contributed by atoms with Gasteiger partial charge in [-0.25, -0.2) is 4.79 Å². The number of carbonyl (C=O) groups excluding carboxylic acids is 1. The van der Waals surface area contributed by atoms with Crippen LogP contribution in [-0.2, 0) is 4.79 Å². The highest BCUT2D eigenvalue weighted by Crippen LogP contribution is 2.60. The number of ether oxygens (including phenoxy) is 1. The Morgan fingerprint density at radius 1 is 1.15 bits per heavy atom. The average molecular weight is 366 g/mol. The Bertz CT molecular complexity index is 997. The molecule has 3 atom stereocenters. The molecule has 27 heavy (non-hydrogen) atoms. The molecule has 1 aromatic carbocycles. The van der Waals surface area contributed by atoms with E-state index >= 15 is 0 Å². The standard InChI is InChI=1S/C23H26O4/c1-14-5-9-19-22(2,3)20(24)12-23(19,4)17(14)13-26-16-8-6-15-7-10-21(25)27-18(15)11-16/h5-8,10-11,17,19H,9,12-13H2,1-4H3. The number of allylic oxidation sites excluding steroid dienone is 1. The van der Waals surface area contributed by atoms with Crippen LogP contribution in [0.5, 0.6) is 5.75 Å². The van der Waals surface area contributed by atoms with Crippen molar-refractivity contribution in [1.82, 2.24) is 0 Å². The highest BCUT2D eigenvalue weighted by Gasteiger charge is 2.59. The highest BCUT2D eigenvalue weighted by atomic mass is 16.5. The Kier molecular flexibility index (Phi) is 4.06. The van der Waals surface area contributed by atoms with Gasteiger partial charge in [0.25, 0.3) is 0 Å². The molecule has 0 spiro atoms. The van der Waals surface area contributed by atoms with Crippen LogP contribution in [0.2, 0.25) is 0 Å². The summed E-state index contributed by atoms with van der Waals surface area (Å²) in [5.41, 5.74) is 1.09. The molecule has 0 saturated heterocycles. The molecular formula is C23H26O4. The van der Waals surface area contributed by atoms with Crippen molar-refractivity contribution in [3.8, 4) is 5.75 Å². The van der Waals surface area contributed by atoms with Gasteiger partial charge in [0.1, 0.15) is 17.1 Å². The molecule has 1 heterocycles. The van der Waals surface area contributed by atoms with E-state index in [9.17, 15) is 9.59 Å². The number of fused-ring (bicyclic) bond motifs is 2. The fraction of sp³-hybridized carbons (Fsp3) is 0.478. The Morgan fingerprint density at radius 2 is 1.89 bits per heavy atom. The topological polar surface area (TPSA) is 56.5 Å². The molecular weight excluding hydrogens is 340 g/mol. The summed E-state index contributed by atoms with van der Waals surface area (Å²) in [5, 5.41) is 0.867. The van der Waals surface area contributed by atoms with Crippen molar-refractivity contribution in [2.24, 2.45) is 22.7 Å². The molecule has 4 nitrogen and oxygen atoms in total. The van der Waals surface area contributed by atoms with Crippen LogP contribution < -0.4 is 10.4 Å². The third kappa shape index (κ3) is 2.82. The van der Waals surface area contributed by atoms with Crippen LogP contribution in [-0.4, -0.2) is 12.4 Å². The third-order valence-electron chi connectivity index (χ3n) is 6.96. The molecule has 2 aliphatic rings. The van der Waals surface area contributed by atoms with Gasteiger partial charge in [-0.05, 0) is 42.9 Å². The fourth-order valence-electron chi connectivity index (χ4n) is 5.24. The SMILES string of the molecule is CC1=CCC2C(C)(C)C(=O)CC2(C)C1COc1ccc2ccc(=O)oc2c1. The van der Waals surface area contributed by atoms with Crippen molar-refractivity contribution in [3.63, 3.8) is 0 Å². The molecule has 4 heteroatoms. The van der Waals surface area contributed by atoms with E-state index < -0.39 is 0 Å². The van der Waals surface area contributed by atoms with Crippen LogP contribution in [0.25, 0.3) is 11.0 Å². The fourth-order valence-corrected chi connectivity index (χ4v) is 5.24. The zero-order valence-corrected chi connectivity index (χ0v) is 16.4. The maximum Gasteiger partial charge on any atom is 0.336 e. The van der Waals surface area contributed by atoms with Gasteiger partial charge < -0.3 is 9.15 Å². The van der Waals surface area contributed by atoms with Crippen LogP contribution >= 0.6 is 0 Å². The molecule has 0 aliphatic heterocycles. The summed E-state index contributed by atoms with van der Waals surface area (Å²) in [4.78, 5) is 24.1. The van der Waals surface area contributed by atoms with Gasteiger partial charge in [-0.1, -0.05) is 32.4 Å². The predicted octanol–water partition coefficient (Wildman–Crippen LogP) is 4.76. The second-order valence-electron chi connectivity index (χ2n) is 8.88. The lowest BCUT2D eigenvalue weighted by atomic mass is 9.59. The molecule has 1 fully saturated rings. The molecule has 2 aromatic rings. The maximum absolute atomic E-state index is 12.7. The Balaban J connectivity index is 1.60. The second-order valence-corrected chi connectivity index (χ2v) is 8.88. The van der Waals surface area contributed by atoms with Crippen molar-refractivity contribution >= 4 is 16.8 Å². The summed E-state index contributed by atoms with van der Waals surface area (Å²) in [6.45, 7) is 9.08. The van der Waals surface area contributed by atoms with Gasteiger partial charge in [0.2, 0.25) is 0 Å². The van der Waals surface area contributed by atoms with E-state index in [0.29, 0.717) is 36.1 Å². The second kappa shape index (κ2) is 6.08. The highest BCUT2D eigenvalue weighted by molar-refractivity contribution is 5.88. The number of Topliss-reactive ketones (excluding diaryl/α,β-unsaturated/α-hetero) is 1. The van der Waals surface area contributed by atoms with Gasteiger partial charge in [-0.15, -0.1) is 0 Å². The molecule has 0 bridgehead atoms. The molecule has 1 saturated carbocycles. The van der Waals surface area contributed by atoms with E-state index in [0.717, 1.165) is 11.8 Å². The first-order chi connectivity index (χ1) is 12.7. The molecule has 142 valence electrons. The van der Waals surface area contributed by atoms with Gasteiger partial charge in [0.15, 0.2) is 0 Å². The molecule has 0 radical (unpaired) electrons. The molecule has 1 aromatic heterocycles. The minimum atomic E-state index is -0.368. The minimum Gasteiger partial charge on any atom is -0.493 e. The number of ketones is 1. The minimum absolute atomic E-state index is 0.0805. The first-order valence-corrected chi connectivity index (χ1v) is 9.58. The summed E-state index contributed by atoms with van der Waals surface area (Å²) < 4.78 is 11.4. The summed E-state index contributed by atoms with van der Waals surface area (Å²) >= 11 is 0. The van der Waals surface area contributed by atoms with Gasteiger partial charge in [0.05, 0.1) is 6.61 Å². The molecule has 2 aliphatic carbocycles. The Morgan fingerprint density at radius 3 is 2.67 bits per heavy atom. The van der Waals surface area contributed by atoms with Crippen LogP contribution in [0.4, 0.5) is 0 Å². The van der Waals surface area contributed by atoms with E-state index in [1.807, 2.05) is 12.1 Å². The first-order valence-electron chi connectivity index (χ1n) is 9.58. The van der Waals surface area contributed by atoms with Gasteiger partial charge >= 0.3 is 5.63 Å². The first kappa shape index (κ1) is 18.0. The summed E-state index contributed by atoms with van der Waals surface area (Å²) in [5.74, 6) is 1.57. The lowest BCUT2D eigenvalue weighted by molar-refractivity contribution is -0.125. The van der Waals surface area contributed by atoms with E-state index in [2.05, 4.69) is 33.8 Å². The van der Waals surface area contributed by atoms with E-state index in [1.165, 1.54) is 11.6 Å². The van der Waals surface area contributed by atoms with Crippen LogP contribution in [0.1, 0.15) is 40.5 Å². The van der Waals surface area contributed by atoms with Crippen molar-refractivity contribution < 1.29 is 13.9 Å². The lowest BCUT2D eigenvalue weighted by Gasteiger charge is -2.45. The number of rotatable bonds is 3. The Labute approximate surface area is 159 Å². The maximum atomic E-state index is 12.7. The zero-order chi connectivity index (χ0) is 19.4. The van der Waals surface area contributed by atoms with Gasteiger partial charge in [-0.3, -0.25) is 4.79 Å². The summed E-state index contributed by atoms with van der Waals surface area (Å²) in [6.07, 6.45) is 3.84. The lowest BCUT2D eigenvalue weighted by Crippen LogP contribution is -2.41. The van der Waals surface area contributed by atoms with Crippen molar-refractivity contribution in [3.05, 3.63) is 52.4 Å². The average Bonchev–Trinajstić information content (AvgIpc) is 2.78. The van der Waals surface area contributed by atoms with E-state index in [-0.39, 0.29) is 22.4 Å². The predicted molar refractivity (Wildman–Crippen MR) is 105 cm³/mol.